The summed E-state index contributed by atoms with van der Waals surface area (Å²) in [5, 5.41) is 0. The number of allylic oxidation sites excluding steroid dienone is 1. The fourth-order valence-corrected chi connectivity index (χ4v) is 0.537. The van der Waals surface area contributed by atoms with Crippen LogP contribution in [0.4, 0.5) is 0 Å². The van der Waals surface area contributed by atoms with Gasteiger partial charge in [0.15, 0.2) is 0 Å². The van der Waals surface area contributed by atoms with Crippen molar-refractivity contribution in [3.63, 3.8) is 0 Å². The molecule has 0 rings (SSSR count). The summed E-state index contributed by atoms with van der Waals surface area (Å²) in [6.07, 6.45) is 3.11. The summed E-state index contributed by atoms with van der Waals surface area (Å²) in [5.74, 6) is -0.290. The van der Waals surface area contributed by atoms with Crippen molar-refractivity contribution in [3.05, 3.63) is 11.6 Å². The maximum atomic E-state index is 10.2. The molecule has 0 bridgehead atoms. The number of carbonyl (C=O) groups is 2. The fourth-order valence-electron chi connectivity index (χ4n) is 0.537. The first-order chi connectivity index (χ1) is 5.16. The molecule has 0 atom stereocenters. The second-order valence-electron chi connectivity index (χ2n) is 2.19. The molecule has 0 aliphatic rings. The van der Waals surface area contributed by atoms with Gasteiger partial charge in [0, 0.05) is 13.3 Å². The van der Waals surface area contributed by atoms with E-state index in [2.05, 4.69) is 4.74 Å². The van der Waals surface area contributed by atoms with Crippen molar-refractivity contribution in [1.29, 1.82) is 0 Å². The summed E-state index contributed by atoms with van der Waals surface area (Å²) < 4.78 is 4.64. The lowest BCUT2D eigenvalue weighted by Crippen LogP contribution is -1.99. The zero-order chi connectivity index (χ0) is 8.69. The number of hydrogen-bond acceptors (Lipinski definition) is 3. The van der Waals surface area contributed by atoms with E-state index in [0.717, 1.165) is 6.29 Å². The highest BCUT2D eigenvalue weighted by atomic mass is 16.5. The molecule has 0 N–H and O–H groups in total. The molecule has 0 amide bonds. The molecule has 0 radical (unpaired) electrons. The predicted octanol–water partition coefficient (Wildman–Crippen LogP) is 1.08. The molecule has 3 nitrogen and oxygen atoms in total. The van der Waals surface area contributed by atoms with Gasteiger partial charge in [-0.15, -0.1) is 0 Å². The molecule has 0 spiro atoms. The van der Waals surface area contributed by atoms with E-state index < -0.39 is 0 Å². The van der Waals surface area contributed by atoms with Crippen LogP contribution >= 0.6 is 0 Å². The minimum Gasteiger partial charge on any atom is -0.466 e. The van der Waals surface area contributed by atoms with Crippen molar-refractivity contribution < 1.29 is 14.3 Å². The maximum absolute atomic E-state index is 10.2. The SMILES string of the molecule is CC(=O)OCCC=C(C)C=O. The van der Waals surface area contributed by atoms with E-state index >= 15 is 0 Å². The summed E-state index contributed by atoms with van der Waals surface area (Å²) in [5.41, 5.74) is 0.664. The van der Waals surface area contributed by atoms with Gasteiger partial charge in [0.25, 0.3) is 0 Å². The molecule has 0 unspecified atom stereocenters. The first-order valence-electron chi connectivity index (χ1n) is 3.42. The van der Waals surface area contributed by atoms with Gasteiger partial charge in [-0.2, -0.15) is 0 Å². The molecule has 0 aliphatic heterocycles. The summed E-state index contributed by atoms with van der Waals surface area (Å²) in [4.78, 5) is 20.3. The highest BCUT2D eigenvalue weighted by molar-refractivity contribution is 5.71. The molecule has 0 aliphatic carbocycles. The van der Waals surface area contributed by atoms with Crippen LogP contribution in [0.3, 0.4) is 0 Å². The largest absolute Gasteiger partial charge is 0.466 e. The van der Waals surface area contributed by atoms with Crippen LogP contribution in [0.15, 0.2) is 11.6 Å². The minimum absolute atomic E-state index is 0.290. The van der Waals surface area contributed by atoms with Gasteiger partial charge >= 0.3 is 5.97 Å². The van der Waals surface area contributed by atoms with Gasteiger partial charge in [-0.05, 0) is 12.5 Å². The Morgan fingerprint density at radius 1 is 1.45 bits per heavy atom. The molecule has 0 aromatic heterocycles. The lowest BCUT2D eigenvalue weighted by molar-refractivity contribution is -0.140. The normalized spacial score (nSPS) is 10.9. The number of rotatable bonds is 4. The molecule has 3 heteroatoms. The van der Waals surface area contributed by atoms with Crippen LogP contribution in [0, 0.1) is 0 Å². The van der Waals surface area contributed by atoms with E-state index in [1.807, 2.05) is 0 Å². The number of aldehydes is 1. The second-order valence-corrected chi connectivity index (χ2v) is 2.19. The Morgan fingerprint density at radius 2 is 2.09 bits per heavy atom. The number of ether oxygens (including phenoxy) is 1. The third-order valence-electron chi connectivity index (χ3n) is 1.08. The smallest absolute Gasteiger partial charge is 0.302 e. The van der Waals surface area contributed by atoms with Gasteiger partial charge in [-0.3, -0.25) is 9.59 Å². The molecule has 11 heavy (non-hydrogen) atoms. The van der Waals surface area contributed by atoms with E-state index in [1.54, 1.807) is 13.0 Å². The Balaban J connectivity index is 3.41. The van der Waals surface area contributed by atoms with Crippen molar-refractivity contribution in [1.82, 2.24) is 0 Å². The highest BCUT2D eigenvalue weighted by Crippen LogP contribution is 1.91. The number of carbonyl (C=O) groups excluding carboxylic acids is 2. The molecule has 0 saturated carbocycles. The summed E-state index contributed by atoms with van der Waals surface area (Å²) >= 11 is 0. The molecule has 0 fully saturated rings. The molecule has 62 valence electrons. The average molecular weight is 156 g/mol. The van der Waals surface area contributed by atoms with Crippen molar-refractivity contribution in [2.75, 3.05) is 6.61 Å². The van der Waals surface area contributed by atoms with Gasteiger partial charge in [0.2, 0.25) is 0 Å². The minimum atomic E-state index is -0.290. The zero-order valence-corrected chi connectivity index (χ0v) is 6.79. The second kappa shape index (κ2) is 5.65. The van der Waals surface area contributed by atoms with Crippen LogP contribution in [0.5, 0.6) is 0 Å². The van der Waals surface area contributed by atoms with E-state index in [1.165, 1.54) is 6.92 Å². The van der Waals surface area contributed by atoms with Crippen LogP contribution < -0.4 is 0 Å². The Bertz CT molecular complexity index is 170. The highest BCUT2D eigenvalue weighted by Gasteiger charge is 1.90. The standard InChI is InChI=1S/C8H12O3/c1-7(6-9)4-3-5-11-8(2)10/h4,6H,3,5H2,1-2H3. The van der Waals surface area contributed by atoms with Crippen LogP contribution in [0.2, 0.25) is 0 Å². The Kier molecular flexibility index (Phi) is 5.07. The average Bonchev–Trinajstić information content (AvgIpc) is 1.97. The molecule has 0 saturated heterocycles. The van der Waals surface area contributed by atoms with Gasteiger partial charge in [-0.1, -0.05) is 6.08 Å². The summed E-state index contributed by atoms with van der Waals surface area (Å²) in [7, 11) is 0. The predicted molar refractivity (Wildman–Crippen MR) is 41.1 cm³/mol. The molecule has 0 aromatic rings. The van der Waals surface area contributed by atoms with Crippen LogP contribution in [0.25, 0.3) is 0 Å². The van der Waals surface area contributed by atoms with E-state index in [9.17, 15) is 9.59 Å². The first-order valence-corrected chi connectivity index (χ1v) is 3.42. The lowest BCUT2D eigenvalue weighted by atomic mass is 10.3. The number of esters is 1. The third kappa shape index (κ3) is 6.77. The van der Waals surface area contributed by atoms with Crippen molar-refractivity contribution in [3.8, 4) is 0 Å². The summed E-state index contributed by atoms with van der Waals surface area (Å²) in [6.45, 7) is 3.41. The van der Waals surface area contributed by atoms with Gasteiger partial charge in [0.05, 0.1) is 6.61 Å². The van der Waals surface area contributed by atoms with Gasteiger partial charge < -0.3 is 4.74 Å². The van der Waals surface area contributed by atoms with Crippen molar-refractivity contribution in [2.45, 2.75) is 20.3 Å². The van der Waals surface area contributed by atoms with Crippen molar-refractivity contribution >= 4 is 12.3 Å². The van der Waals surface area contributed by atoms with Gasteiger partial charge in [-0.25, -0.2) is 0 Å². The van der Waals surface area contributed by atoms with E-state index in [4.69, 9.17) is 0 Å². The third-order valence-corrected chi connectivity index (χ3v) is 1.08. The monoisotopic (exact) mass is 156 g/mol. The molecular formula is C8H12O3. The molecular weight excluding hydrogens is 144 g/mol. The zero-order valence-electron chi connectivity index (χ0n) is 6.79. The van der Waals surface area contributed by atoms with Crippen molar-refractivity contribution in [2.24, 2.45) is 0 Å². The molecule has 0 aromatic carbocycles. The first kappa shape index (κ1) is 9.88. The van der Waals surface area contributed by atoms with E-state index in [0.29, 0.717) is 18.6 Å². The quantitative estimate of drug-likeness (QED) is 0.265. The Morgan fingerprint density at radius 3 is 2.55 bits per heavy atom. The van der Waals surface area contributed by atoms with E-state index in [-0.39, 0.29) is 5.97 Å². The Labute approximate surface area is 66.0 Å². The van der Waals surface area contributed by atoms with Crippen LogP contribution in [-0.2, 0) is 14.3 Å². The number of hydrogen-bond donors (Lipinski definition) is 0. The van der Waals surface area contributed by atoms with Gasteiger partial charge in [0.1, 0.15) is 6.29 Å². The summed E-state index contributed by atoms with van der Waals surface area (Å²) in [6, 6.07) is 0. The fraction of sp³-hybridized carbons (Fsp3) is 0.500. The molecule has 0 heterocycles. The topological polar surface area (TPSA) is 43.4 Å². The van der Waals surface area contributed by atoms with Crippen LogP contribution in [0.1, 0.15) is 20.3 Å². The maximum Gasteiger partial charge on any atom is 0.302 e. The lowest BCUT2D eigenvalue weighted by Gasteiger charge is -1.96. The Hall–Kier alpha value is -1.12. The van der Waals surface area contributed by atoms with Crippen LogP contribution in [-0.4, -0.2) is 18.9 Å².